The second kappa shape index (κ2) is 9.17. The average Bonchev–Trinajstić information content (AvgIpc) is 3.02. The average molecular weight is 457 g/mol. The molecule has 2 aromatic rings. The van der Waals surface area contributed by atoms with E-state index in [-0.39, 0.29) is 5.91 Å². The molecule has 11 heteroatoms. The molecule has 1 fully saturated rings. The van der Waals surface area contributed by atoms with Crippen molar-refractivity contribution >= 4 is 11.9 Å². The van der Waals surface area contributed by atoms with Gasteiger partial charge in [-0.3, -0.25) is 4.79 Å². The van der Waals surface area contributed by atoms with Crippen LogP contribution < -0.4 is 4.74 Å². The van der Waals surface area contributed by atoms with Gasteiger partial charge in [0.05, 0.1) is 19.0 Å². The molecular weight excluding hydrogens is 434 g/mol. The van der Waals surface area contributed by atoms with Crippen LogP contribution in [-0.4, -0.2) is 63.5 Å². The number of benzene rings is 1. The normalized spacial score (nSPS) is 17.2. The molecule has 0 spiro atoms. The van der Waals surface area contributed by atoms with Gasteiger partial charge in [0.1, 0.15) is 11.6 Å². The minimum Gasteiger partial charge on any atom is -0.497 e. The van der Waals surface area contributed by atoms with E-state index in [1.807, 2.05) is 30.5 Å². The lowest BCUT2D eigenvalue weighted by atomic mass is 9.81. The summed E-state index contributed by atoms with van der Waals surface area (Å²) in [5, 5.41) is 7.12. The second-order valence-corrected chi connectivity index (χ2v) is 7.60. The summed E-state index contributed by atoms with van der Waals surface area (Å²) in [5.74, 6) is -1.34. The Bertz CT molecular complexity index is 968. The Hall–Kier alpha value is -3.11. The van der Waals surface area contributed by atoms with Crippen LogP contribution in [0.5, 0.6) is 5.75 Å². The van der Waals surface area contributed by atoms with Crippen LogP contribution in [0.25, 0.3) is 11.3 Å². The van der Waals surface area contributed by atoms with Gasteiger partial charge in [-0.15, -0.1) is 0 Å². The number of alkyl halides is 4. The summed E-state index contributed by atoms with van der Waals surface area (Å²) in [6, 6.07) is 7.85. The molecule has 0 atom stereocenters. The number of ether oxygens (including phenoxy) is 1. The van der Waals surface area contributed by atoms with Crippen molar-refractivity contribution in [3.63, 3.8) is 0 Å². The minimum absolute atomic E-state index is 0.337. The lowest BCUT2D eigenvalue weighted by molar-refractivity contribution is -0.192. The fourth-order valence-corrected chi connectivity index (χ4v) is 3.61. The molecule has 32 heavy (non-hydrogen) atoms. The zero-order chi connectivity index (χ0) is 23.5. The van der Waals surface area contributed by atoms with Gasteiger partial charge in [0.2, 0.25) is 0 Å². The largest absolute Gasteiger partial charge is 0.497 e. The van der Waals surface area contributed by atoms with E-state index >= 15 is 0 Å². The molecule has 4 rings (SSSR count). The first-order chi connectivity index (χ1) is 15.0. The van der Waals surface area contributed by atoms with Crippen molar-refractivity contribution in [2.24, 2.45) is 0 Å². The summed E-state index contributed by atoms with van der Waals surface area (Å²) >= 11 is 0. The number of carbonyl (C=O) groups excluding carboxylic acids is 1. The summed E-state index contributed by atoms with van der Waals surface area (Å²) in [6.45, 7) is 1.69. The molecule has 0 unspecified atom stereocenters. The third-order valence-electron chi connectivity index (χ3n) is 5.58. The molecule has 1 aromatic heterocycles. The summed E-state index contributed by atoms with van der Waals surface area (Å²) in [7, 11) is 1.64. The highest BCUT2D eigenvalue weighted by Crippen LogP contribution is 2.37. The number of hydrogen-bond acceptors (Lipinski definition) is 4. The van der Waals surface area contributed by atoms with Crippen molar-refractivity contribution in [1.82, 2.24) is 14.5 Å². The van der Waals surface area contributed by atoms with Crippen molar-refractivity contribution in [2.75, 3.05) is 20.2 Å². The molecule has 1 aromatic carbocycles. The lowest BCUT2D eigenvalue weighted by Gasteiger charge is -2.36. The third kappa shape index (κ3) is 5.03. The Balaban J connectivity index is 0.000000360. The highest BCUT2D eigenvalue weighted by Gasteiger charge is 2.47. The van der Waals surface area contributed by atoms with Crippen LogP contribution in [0.4, 0.5) is 17.6 Å². The quantitative estimate of drug-likeness (QED) is 0.714. The standard InChI is InChI=1S/C19H22FN3O2.C2HF3O2/c1-25-15-5-3-14(4-6-15)16-13-21-17-7-10-22(11-12-23(16)17)18(24)19(20)8-2-9-19;3-2(4,5)1(6)7/h3-6,13H,2,7-12H2,1H3;(H,6,7). The number of hydrogen-bond donors (Lipinski definition) is 1. The molecular formula is C21H23F4N3O4. The fourth-order valence-electron chi connectivity index (χ4n) is 3.61. The van der Waals surface area contributed by atoms with E-state index in [1.165, 1.54) is 0 Å². The molecule has 0 bridgehead atoms. The number of carboxylic acid groups (broad SMARTS) is 1. The van der Waals surface area contributed by atoms with Crippen molar-refractivity contribution in [3.8, 4) is 17.0 Å². The number of nitrogens with zero attached hydrogens (tertiary/aromatic N) is 3. The van der Waals surface area contributed by atoms with E-state index in [1.54, 1.807) is 12.0 Å². The van der Waals surface area contributed by atoms with E-state index in [0.29, 0.717) is 38.9 Å². The molecule has 1 N–H and O–H groups in total. The molecule has 2 aliphatic rings. The van der Waals surface area contributed by atoms with Crippen LogP contribution in [-0.2, 0) is 22.6 Å². The van der Waals surface area contributed by atoms with E-state index in [9.17, 15) is 22.4 Å². The first kappa shape index (κ1) is 23.6. The SMILES string of the molecule is COc1ccc(-c2cnc3n2CCN(C(=O)C2(F)CCC2)CC3)cc1.O=C(O)C(F)(F)F. The van der Waals surface area contributed by atoms with Gasteiger partial charge >= 0.3 is 12.1 Å². The predicted molar refractivity (Wildman–Crippen MR) is 106 cm³/mol. The maximum atomic E-state index is 14.5. The molecule has 2 heterocycles. The van der Waals surface area contributed by atoms with Crippen LogP contribution in [0.3, 0.4) is 0 Å². The zero-order valence-electron chi connectivity index (χ0n) is 17.4. The van der Waals surface area contributed by atoms with Crippen LogP contribution in [0.1, 0.15) is 25.1 Å². The Morgan fingerprint density at radius 1 is 1.12 bits per heavy atom. The van der Waals surface area contributed by atoms with Gasteiger partial charge in [0, 0.05) is 31.6 Å². The number of imidazole rings is 1. The van der Waals surface area contributed by atoms with Crippen LogP contribution in [0.2, 0.25) is 0 Å². The molecule has 1 aliphatic heterocycles. The summed E-state index contributed by atoms with van der Waals surface area (Å²) in [4.78, 5) is 27.6. The van der Waals surface area contributed by atoms with Crippen molar-refractivity contribution in [2.45, 2.75) is 44.1 Å². The summed E-state index contributed by atoms with van der Waals surface area (Å²) < 4.78 is 53.5. The van der Waals surface area contributed by atoms with Gasteiger partial charge in [-0.05, 0) is 43.5 Å². The Morgan fingerprint density at radius 2 is 1.75 bits per heavy atom. The molecule has 7 nitrogen and oxygen atoms in total. The van der Waals surface area contributed by atoms with Crippen LogP contribution in [0.15, 0.2) is 30.5 Å². The van der Waals surface area contributed by atoms with Crippen molar-refractivity contribution in [1.29, 1.82) is 0 Å². The van der Waals surface area contributed by atoms with Gasteiger partial charge in [0.25, 0.3) is 5.91 Å². The van der Waals surface area contributed by atoms with Crippen molar-refractivity contribution < 1.29 is 37.0 Å². The van der Waals surface area contributed by atoms with Gasteiger partial charge < -0.3 is 19.3 Å². The maximum Gasteiger partial charge on any atom is 0.490 e. The topological polar surface area (TPSA) is 84.7 Å². The van der Waals surface area contributed by atoms with Crippen molar-refractivity contribution in [3.05, 3.63) is 36.3 Å². The maximum absolute atomic E-state index is 14.5. The van der Waals surface area contributed by atoms with Crippen LogP contribution >= 0.6 is 0 Å². The second-order valence-electron chi connectivity index (χ2n) is 7.60. The lowest BCUT2D eigenvalue weighted by Crippen LogP contribution is -2.51. The Labute approximate surface area is 181 Å². The molecule has 0 radical (unpaired) electrons. The van der Waals surface area contributed by atoms with E-state index < -0.39 is 17.8 Å². The monoisotopic (exact) mass is 457 g/mol. The van der Waals surface area contributed by atoms with E-state index in [0.717, 1.165) is 29.3 Å². The number of amides is 1. The number of aliphatic carboxylic acids is 1. The smallest absolute Gasteiger partial charge is 0.490 e. The van der Waals surface area contributed by atoms with Gasteiger partial charge in [-0.1, -0.05) is 0 Å². The molecule has 1 saturated carbocycles. The molecule has 174 valence electrons. The minimum atomic E-state index is -5.08. The van der Waals surface area contributed by atoms with Crippen LogP contribution in [0, 0.1) is 0 Å². The summed E-state index contributed by atoms with van der Waals surface area (Å²) in [5.41, 5.74) is 0.455. The highest BCUT2D eigenvalue weighted by molar-refractivity contribution is 5.86. The fraction of sp³-hybridized carbons (Fsp3) is 0.476. The zero-order valence-corrected chi connectivity index (χ0v) is 17.4. The number of carbonyl (C=O) groups is 2. The molecule has 0 saturated heterocycles. The number of halogens is 4. The Kier molecular flexibility index (Phi) is 6.75. The van der Waals surface area contributed by atoms with Gasteiger partial charge in [-0.25, -0.2) is 14.2 Å². The Morgan fingerprint density at radius 3 is 2.25 bits per heavy atom. The summed E-state index contributed by atoms with van der Waals surface area (Å²) in [6.07, 6.45) is -1.03. The highest BCUT2D eigenvalue weighted by atomic mass is 19.4. The number of fused-ring (bicyclic) bond motifs is 1. The van der Waals surface area contributed by atoms with Gasteiger partial charge in [0.15, 0.2) is 5.67 Å². The number of aromatic nitrogens is 2. The van der Waals surface area contributed by atoms with E-state index in [4.69, 9.17) is 14.6 Å². The molecule has 1 aliphatic carbocycles. The third-order valence-corrected chi connectivity index (χ3v) is 5.58. The number of carboxylic acids is 1. The van der Waals surface area contributed by atoms with E-state index in [2.05, 4.69) is 9.55 Å². The predicted octanol–water partition coefficient (Wildman–Crippen LogP) is 3.47. The first-order valence-electron chi connectivity index (χ1n) is 10.0. The molecule has 1 amide bonds. The first-order valence-corrected chi connectivity index (χ1v) is 10.0. The number of rotatable bonds is 3. The number of methoxy groups -OCH3 is 1. The van der Waals surface area contributed by atoms with Gasteiger partial charge in [-0.2, -0.15) is 13.2 Å².